The number of hydrogen-bond donors (Lipinski definition) is 1. The smallest absolute Gasteiger partial charge is 0.378 e. The van der Waals surface area contributed by atoms with Gasteiger partial charge in [-0.1, -0.05) is 24.3 Å². The number of hydrazone groups is 1. The molecule has 7 nitrogen and oxygen atoms in total. The van der Waals surface area contributed by atoms with Crippen molar-refractivity contribution in [3.63, 3.8) is 0 Å². The highest BCUT2D eigenvalue weighted by molar-refractivity contribution is 7.88. The lowest BCUT2D eigenvalue weighted by Crippen LogP contribution is -2.20. The molecule has 1 N–H and O–H groups in total. The third-order valence-electron chi connectivity index (χ3n) is 4.62. The lowest BCUT2D eigenvalue weighted by molar-refractivity contribution is -0.138. The fourth-order valence-corrected chi connectivity index (χ4v) is 4.72. The summed E-state index contributed by atoms with van der Waals surface area (Å²) in [5.74, 6) is -0.990. The van der Waals surface area contributed by atoms with Gasteiger partial charge in [-0.3, -0.25) is 0 Å². The molecule has 0 aliphatic heterocycles. The van der Waals surface area contributed by atoms with Crippen LogP contribution in [0.5, 0.6) is 5.75 Å². The molecule has 0 bridgehead atoms. The van der Waals surface area contributed by atoms with E-state index in [-0.39, 0.29) is 16.9 Å². The lowest BCUT2D eigenvalue weighted by atomic mass is 10.1. The van der Waals surface area contributed by atoms with Gasteiger partial charge in [0.2, 0.25) is 0 Å². The zero-order valence-corrected chi connectivity index (χ0v) is 19.9. The maximum Gasteiger partial charge on any atom is 0.416 e. The van der Waals surface area contributed by atoms with Crippen LogP contribution in [0.25, 0.3) is 0 Å². The second-order valence-corrected chi connectivity index (χ2v) is 10.6. The molecule has 0 aromatic heterocycles. The van der Waals surface area contributed by atoms with E-state index in [0.29, 0.717) is 12.1 Å². The van der Waals surface area contributed by atoms with Crippen LogP contribution in [0.4, 0.5) is 26.3 Å². The Hall–Kier alpha value is -3.59. The van der Waals surface area contributed by atoms with Gasteiger partial charge in [-0.25, -0.2) is 13.2 Å². The molecule has 0 heterocycles. The van der Waals surface area contributed by atoms with E-state index in [1.165, 1.54) is 24.3 Å². The molecule has 15 heteroatoms. The Bertz CT molecular complexity index is 1480. The first-order valence-electron chi connectivity index (χ1n) is 9.96. The van der Waals surface area contributed by atoms with E-state index in [1.54, 1.807) is 0 Å². The Morgan fingerprint density at radius 3 is 1.81 bits per heavy atom. The van der Waals surface area contributed by atoms with Gasteiger partial charge in [-0.2, -0.15) is 39.9 Å². The summed E-state index contributed by atoms with van der Waals surface area (Å²) in [5.41, 5.74) is -1.94. The van der Waals surface area contributed by atoms with Gasteiger partial charge in [0.25, 0.3) is 10.0 Å². The summed E-state index contributed by atoms with van der Waals surface area (Å²) < 4.78 is 130. The van der Waals surface area contributed by atoms with E-state index in [2.05, 4.69) is 5.10 Å². The third kappa shape index (κ3) is 7.69. The summed E-state index contributed by atoms with van der Waals surface area (Å²) in [6.45, 7) is 0. The van der Waals surface area contributed by atoms with Crippen molar-refractivity contribution in [2.45, 2.75) is 23.0 Å². The molecule has 0 unspecified atom stereocenters. The maximum atomic E-state index is 12.7. The van der Waals surface area contributed by atoms with Gasteiger partial charge in [-0.05, 0) is 54.1 Å². The molecule has 0 fully saturated rings. The highest BCUT2D eigenvalue weighted by Crippen LogP contribution is 2.31. The van der Waals surface area contributed by atoms with Crippen molar-refractivity contribution < 1.29 is 47.4 Å². The SMILES string of the molecule is O=S(=O)(Cc1ccc(C(F)(F)F)cc1)NN=Cc1ccccc1OS(=O)(=O)c1ccc(C(F)(F)F)cc1. The number of para-hydroxylation sites is 1. The molecule has 3 aromatic rings. The minimum absolute atomic E-state index is 0.00443. The first kappa shape index (κ1) is 28.0. The molecule has 0 atom stereocenters. The van der Waals surface area contributed by atoms with Crippen molar-refractivity contribution in [3.05, 3.63) is 95.1 Å². The quantitative estimate of drug-likeness (QED) is 0.180. The first-order chi connectivity index (χ1) is 17.1. The number of hydrogen-bond acceptors (Lipinski definition) is 6. The van der Waals surface area contributed by atoms with E-state index >= 15 is 0 Å². The molecule has 3 aromatic carbocycles. The van der Waals surface area contributed by atoms with Gasteiger partial charge in [-0.15, -0.1) is 0 Å². The molecule has 0 aliphatic carbocycles. The summed E-state index contributed by atoms with van der Waals surface area (Å²) in [6, 6.07) is 11.5. The minimum Gasteiger partial charge on any atom is -0.378 e. The first-order valence-corrected chi connectivity index (χ1v) is 13.0. The van der Waals surface area contributed by atoms with Crippen molar-refractivity contribution in [1.29, 1.82) is 0 Å². The van der Waals surface area contributed by atoms with Crippen LogP contribution in [-0.4, -0.2) is 23.1 Å². The van der Waals surface area contributed by atoms with Gasteiger partial charge < -0.3 is 4.18 Å². The molecular weight excluding hydrogens is 550 g/mol. The van der Waals surface area contributed by atoms with E-state index in [0.717, 1.165) is 42.6 Å². The van der Waals surface area contributed by atoms with Crippen molar-refractivity contribution >= 4 is 26.4 Å². The summed E-state index contributed by atoms with van der Waals surface area (Å²) in [6.07, 6.45) is -8.32. The van der Waals surface area contributed by atoms with Crippen molar-refractivity contribution in [2.24, 2.45) is 5.10 Å². The van der Waals surface area contributed by atoms with Gasteiger partial charge >= 0.3 is 22.5 Å². The molecule has 198 valence electrons. The molecule has 0 amide bonds. The van der Waals surface area contributed by atoms with Crippen LogP contribution < -0.4 is 9.01 Å². The van der Waals surface area contributed by atoms with Crippen LogP contribution in [0.2, 0.25) is 0 Å². The number of halogens is 6. The van der Waals surface area contributed by atoms with Crippen molar-refractivity contribution in [2.75, 3.05) is 0 Å². The monoisotopic (exact) mass is 566 g/mol. The fraction of sp³-hybridized carbons (Fsp3) is 0.136. The number of sulfonamides is 1. The number of rotatable bonds is 8. The summed E-state index contributed by atoms with van der Waals surface area (Å²) >= 11 is 0. The van der Waals surface area contributed by atoms with Gasteiger partial charge in [0, 0.05) is 5.56 Å². The molecule has 0 radical (unpaired) electrons. The predicted octanol–water partition coefficient (Wildman–Crippen LogP) is 4.95. The Morgan fingerprint density at radius 2 is 1.27 bits per heavy atom. The molecule has 0 saturated carbocycles. The minimum atomic E-state index is -4.66. The van der Waals surface area contributed by atoms with Crippen LogP contribution >= 0.6 is 0 Å². The zero-order chi connectivity index (χ0) is 27.5. The molecule has 37 heavy (non-hydrogen) atoms. The highest BCUT2D eigenvalue weighted by atomic mass is 32.2. The average molecular weight is 567 g/mol. The number of alkyl halides is 6. The van der Waals surface area contributed by atoms with Gasteiger partial charge in [0.1, 0.15) is 4.90 Å². The normalized spacial score (nSPS) is 13.0. The lowest BCUT2D eigenvalue weighted by Gasteiger charge is -2.11. The highest BCUT2D eigenvalue weighted by Gasteiger charge is 2.31. The zero-order valence-electron chi connectivity index (χ0n) is 18.3. The largest absolute Gasteiger partial charge is 0.416 e. The standard InChI is InChI=1S/C22H16F6N2O5S2/c23-21(24,25)17-7-5-15(6-8-17)14-36(31,32)30-29-13-16-3-1-2-4-20(16)35-37(33,34)19-11-9-18(10-12-19)22(26,27)28/h1-13,30H,14H2. The third-order valence-corrected chi connectivity index (χ3v) is 6.97. The Kier molecular flexibility index (Phi) is 7.88. The molecule has 0 spiro atoms. The second kappa shape index (κ2) is 10.4. The van der Waals surface area contributed by atoms with Crippen molar-refractivity contribution in [3.8, 4) is 5.75 Å². The van der Waals surface area contributed by atoms with Gasteiger partial charge in [0.05, 0.1) is 23.1 Å². The summed E-state index contributed by atoms with van der Waals surface area (Å²) in [5, 5.41) is 3.53. The topological polar surface area (TPSA) is 102 Å². The maximum absolute atomic E-state index is 12.7. The van der Waals surface area contributed by atoms with E-state index in [9.17, 15) is 43.2 Å². The summed E-state index contributed by atoms with van der Waals surface area (Å²) in [4.78, 5) is 1.30. The number of nitrogens with zero attached hydrogens (tertiary/aromatic N) is 1. The predicted molar refractivity (Wildman–Crippen MR) is 120 cm³/mol. The van der Waals surface area contributed by atoms with Crippen LogP contribution in [0, 0.1) is 0 Å². The second-order valence-electron chi connectivity index (χ2n) is 7.40. The molecule has 3 rings (SSSR count). The van der Waals surface area contributed by atoms with Crippen molar-refractivity contribution in [1.82, 2.24) is 4.83 Å². The average Bonchev–Trinajstić information content (AvgIpc) is 2.79. The Morgan fingerprint density at radius 1 is 0.757 bits per heavy atom. The molecule has 0 saturated heterocycles. The Balaban J connectivity index is 1.71. The molecule has 0 aliphatic rings. The van der Waals surface area contributed by atoms with E-state index in [4.69, 9.17) is 4.18 Å². The summed E-state index contributed by atoms with van der Waals surface area (Å²) in [7, 11) is -8.69. The van der Waals surface area contributed by atoms with Crippen LogP contribution in [0.15, 0.2) is 82.8 Å². The Labute approximate surface area is 207 Å². The van der Waals surface area contributed by atoms with Crippen LogP contribution in [-0.2, 0) is 38.2 Å². The van der Waals surface area contributed by atoms with Crippen LogP contribution in [0.3, 0.4) is 0 Å². The van der Waals surface area contributed by atoms with Crippen LogP contribution in [0.1, 0.15) is 22.3 Å². The fourth-order valence-electron chi connectivity index (χ4n) is 2.86. The van der Waals surface area contributed by atoms with E-state index < -0.39 is 54.3 Å². The number of nitrogens with one attached hydrogen (secondary N) is 1. The number of benzene rings is 3. The van der Waals surface area contributed by atoms with E-state index in [1.807, 2.05) is 4.83 Å². The van der Waals surface area contributed by atoms with Gasteiger partial charge in [0.15, 0.2) is 5.75 Å². The molecular formula is C22H16F6N2O5S2.